The summed E-state index contributed by atoms with van der Waals surface area (Å²) < 4.78 is 15.7. The maximum absolute atomic E-state index is 6.83. The first kappa shape index (κ1) is 27.9. The number of fused-ring (bicyclic) bond motifs is 10. The summed E-state index contributed by atoms with van der Waals surface area (Å²) in [5.41, 5.74) is 9.16. The molecule has 51 heavy (non-hydrogen) atoms. The molecule has 0 fully saturated rings. The molecule has 6 heteroatoms. The van der Waals surface area contributed by atoms with Crippen molar-refractivity contribution in [3.05, 3.63) is 158 Å². The van der Waals surface area contributed by atoms with Crippen LogP contribution in [0.25, 0.3) is 106 Å². The molecule has 0 bridgehead atoms. The van der Waals surface area contributed by atoms with Gasteiger partial charge in [-0.25, -0.2) is 15.0 Å². The molecule has 0 saturated heterocycles. The standard InChI is InChI=1S/C45H26N4O2/c1-3-12-27(13-4-1)43-46-44(28-14-5-2-6-15-28)48-45(47-43)29-22-23-32-33-24-25-38-41(42(33)51-39(32)26-29)40-36(20-11-21-37(40)50-38)49-34-18-9-7-16-30(34)31-17-8-10-19-35(31)49/h1-26H. The Hall–Kier alpha value is -7.05. The molecule has 238 valence electrons. The van der Waals surface area contributed by atoms with E-state index in [2.05, 4.69) is 89.5 Å². The molecule has 11 aromatic rings. The predicted molar refractivity (Wildman–Crippen MR) is 205 cm³/mol. The van der Waals surface area contributed by atoms with Crippen LogP contribution < -0.4 is 0 Å². The van der Waals surface area contributed by atoms with Gasteiger partial charge in [0.15, 0.2) is 17.5 Å². The van der Waals surface area contributed by atoms with E-state index in [9.17, 15) is 0 Å². The second-order valence-electron chi connectivity index (χ2n) is 12.8. The average molecular weight is 655 g/mol. The van der Waals surface area contributed by atoms with Crippen molar-refractivity contribution in [1.29, 1.82) is 0 Å². The van der Waals surface area contributed by atoms with Crippen molar-refractivity contribution < 1.29 is 8.83 Å². The smallest absolute Gasteiger partial charge is 0.164 e. The fraction of sp³-hybridized carbons (Fsp3) is 0. The van der Waals surface area contributed by atoms with Gasteiger partial charge >= 0.3 is 0 Å². The van der Waals surface area contributed by atoms with Crippen molar-refractivity contribution in [2.45, 2.75) is 0 Å². The molecule has 0 N–H and O–H groups in total. The summed E-state index contributed by atoms with van der Waals surface area (Å²) in [7, 11) is 0. The first-order valence-corrected chi connectivity index (χ1v) is 16.9. The van der Waals surface area contributed by atoms with Crippen LogP contribution in [-0.2, 0) is 0 Å². The maximum atomic E-state index is 6.83. The molecule has 0 amide bonds. The van der Waals surface area contributed by atoms with Crippen LogP contribution in [0, 0.1) is 0 Å². The lowest BCUT2D eigenvalue weighted by Crippen LogP contribution is -2.00. The van der Waals surface area contributed by atoms with Gasteiger partial charge in [-0.2, -0.15) is 0 Å². The summed E-state index contributed by atoms with van der Waals surface area (Å²) >= 11 is 0. The second-order valence-corrected chi connectivity index (χ2v) is 12.8. The number of furan rings is 2. The highest BCUT2D eigenvalue weighted by molar-refractivity contribution is 6.24. The van der Waals surface area contributed by atoms with Crippen LogP contribution in [0.4, 0.5) is 0 Å². The average Bonchev–Trinajstić information content (AvgIpc) is 3.87. The first-order chi connectivity index (χ1) is 25.3. The molecule has 0 saturated carbocycles. The number of para-hydroxylation sites is 2. The van der Waals surface area contributed by atoms with Crippen molar-refractivity contribution >= 4 is 65.7 Å². The molecule has 6 nitrogen and oxygen atoms in total. The molecule has 0 aliphatic heterocycles. The number of rotatable bonds is 4. The molecule has 0 unspecified atom stereocenters. The Kier molecular flexibility index (Phi) is 5.86. The Morgan fingerprint density at radius 2 is 0.941 bits per heavy atom. The Bertz CT molecular complexity index is 3030. The topological polar surface area (TPSA) is 69.9 Å². The molecule has 4 aromatic heterocycles. The van der Waals surface area contributed by atoms with E-state index in [1.807, 2.05) is 72.8 Å². The van der Waals surface area contributed by atoms with E-state index in [1.165, 1.54) is 10.8 Å². The zero-order chi connectivity index (χ0) is 33.5. The number of benzene rings is 7. The van der Waals surface area contributed by atoms with E-state index >= 15 is 0 Å². The lowest BCUT2D eigenvalue weighted by molar-refractivity contribution is 0.663. The highest BCUT2D eigenvalue weighted by Crippen LogP contribution is 2.43. The molecule has 0 aliphatic rings. The molecular weight excluding hydrogens is 629 g/mol. The third-order valence-corrected chi connectivity index (χ3v) is 9.86. The van der Waals surface area contributed by atoms with Gasteiger partial charge in [-0.05, 0) is 48.5 Å². The summed E-state index contributed by atoms with van der Waals surface area (Å²) in [6.07, 6.45) is 0. The van der Waals surface area contributed by atoms with E-state index in [0.717, 1.165) is 77.3 Å². The summed E-state index contributed by atoms with van der Waals surface area (Å²) in [5.74, 6) is 1.82. The van der Waals surface area contributed by atoms with Crippen LogP contribution in [-0.4, -0.2) is 19.5 Å². The van der Waals surface area contributed by atoms with Crippen molar-refractivity contribution in [1.82, 2.24) is 19.5 Å². The zero-order valence-corrected chi connectivity index (χ0v) is 27.1. The monoisotopic (exact) mass is 654 g/mol. The second kappa shape index (κ2) is 10.7. The van der Waals surface area contributed by atoms with Crippen LogP contribution in [0.5, 0.6) is 0 Å². The highest BCUT2D eigenvalue weighted by atomic mass is 16.3. The van der Waals surface area contributed by atoms with Gasteiger partial charge in [0, 0.05) is 38.2 Å². The maximum Gasteiger partial charge on any atom is 0.164 e. The number of hydrogen-bond donors (Lipinski definition) is 0. The van der Waals surface area contributed by atoms with Crippen molar-refractivity contribution in [3.63, 3.8) is 0 Å². The summed E-state index contributed by atoms with van der Waals surface area (Å²) in [4.78, 5) is 14.8. The normalized spacial score (nSPS) is 11.9. The van der Waals surface area contributed by atoms with E-state index in [-0.39, 0.29) is 0 Å². The van der Waals surface area contributed by atoms with E-state index in [0.29, 0.717) is 17.5 Å². The van der Waals surface area contributed by atoms with Gasteiger partial charge in [0.05, 0.1) is 27.5 Å². The Morgan fingerprint density at radius 1 is 0.373 bits per heavy atom. The fourth-order valence-corrected chi connectivity index (χ4v) is 7.56. The molecule has 0 atom stereocenters. The van der Waals surface area contributed by atoms with Crippen LogP contribution in [0.15, 0.2) is 167 Å². The van der Waals surface area contributed by atoms with Crippen molar-refractivity contribution in [2.75, 3.05) is 0 Å². The summed E-state index contributed by atoms with van der Waals surface area (Å²) in [6.45, 7) is 0. The third-order valence-electron chi connectivity index (χ3n) is 9.86. The van der Waals surface area contributed by atoms with Gasteiger partial charge in [0.2, 0.25) is 0 Å². The number of hydrogen-bond acceptors (Lipinski definition) is 5. The van der Waals surface area contributed by atoms with Gasteiger partial charge in [0.1, 0.15) is 22.3 Å². The van der Waals surface area contributed by atoms with E-state index in [4.69, 9.17) is 23.8 Å². The van der Waals surface area contributed by atoms with Crippen LogP contribution >= 0.6 is 0 Å². The van der Waals surface area contributed by atoms with Gasteiger partial charge in [-0.3, -0.25) is 0 Å². The molecule has 0 spiro atoms. The number of aromatic nitrogens is 4. The highest BCUT2D eigenvalue weighted by Gasteiger charge is 2.22. The SMILES string of the molecule is c1ccc(-c2nc(-c3ccccc3)nc(-c3ccc4c(c3)oc3c4ccc4oc5cccc(-n6c7ccccc7c7ccccc76)c5c43)n2)cc1. The van der Waals surface area contributed by atoms with Gasteiger partial charge in [0.25, 0.3) is 0 Å². The first-order valence-electron chi connectivity index (χ1n) is 16.9. The Morgan fingerprint density at radius 3 is 1.61 bits per heavy atom. The zero-order valence-electron chi connectivity index (χ0n) is 27.1. The molecule has 0 radical (unpaired) electrons. The van der Waals surface area contributed by atoms with Crippen molar-refractivity contribution in [3.8, 4) is 39.9 Å². The molecule has 7 aromatic carbocycles. The minimum Gasteiger partial charge on any atom is -0.456 e. The quantitative estimate of drug-likeness (QED) is 0.189. The van der Waals surface area contributed by atoms with Gasteiger partial charge in [-0.15, -0.1) is 0 Å². The minimum absolute atomic E-state index is 0.581. The molecular formula is C45H26N4O2. The molecule has 4 heterocycles. The lowest BCUT2D eigenvalue weighted by atomic mass is 10.1. The minimum atomic E-state index is 0.581. The molecule has 0 aliphatic carbocycles. The lowest BCUT2D eigenvalue weighted by Gasteiger charge is -2.09. The fourth-order valence-electron chi connectivity index (χ4n) is 7.56. The van der Waals surface area contributed by atoms with Crippen molar-refractivity contribution in [2.24, 2.45) is 0 Å². The summed E-state index contributed by atoms with van der Waals surface area (Å²) in [5, 5.41) is 6.43. The van der Waals surface area contributed by atoms with Crippen LogP contribution in [0.1, 0.15) is 0 Å². The van der Waals surface area contributed by atoms with Crippen LogP contribution in [0.3, 0.4) is 0 Å². The van der Waals surface area contributed by atoms with Crippen LogP contribution in [0.2, 0.25) is 0 Å². The third kappa shape index (κ3) is 4.20. The summed E-state index contributed by atoms with van der Waals surface area (Å²) in [6, 6.07) is 53.8. The van der Waals surface area contributed by atoms with E-state index < -0.39 is 0 Å². The van der Waals surface area contributed by atoms with E-state index in [1.54, 1.807) is 0 Å². The predicted octanol–water partition coefficient (Wildman–Crippen LogP) is 11.8. The largest absolute Gasteiger partial charge is 0.456 e. The van der Waals surface area contributed by atoms with Gasteiger partial charge in [-0.1, -0.05) is 109 Å². The molecule has 11 rings (SSSR count). The number of nitrogens with zero attached hydrogens (tertiary/aromatic N) is 4. The van der Waals surface area contributed by atoms with Gasteiger partial charge < -0.3 is 13.4 Å². The Labute approximate surface area is 290 Å². The Balaban J connectivity index is 1.15.